The predicted octanol–water partition coefficient (Wildman–Crippen LogP) is 0.635. The lowest BCUT2D eigenvalue weighted by atomic mass is 10.2. The van der Waals surface area contributed by atoms with Gasteiger partial charge < -0.3 is 10.6 Å². The normalized spacial score (nSPS) is 16.5. The molecule has 5 heteroatoms. The van der Waals surface area contributed by atoms with Gasteiger partial charge in [-0.1, -0.05) is 6.92 Å². The Balaban J connectivity index is 1.53. The molecule has 1 aliphatic rings. The van der Waals surface area contributed by atoms with Crippen LogP contribution in [0.2, 0.25) is 0 Å². The first kappa shape index (κ1) is 13.1. The zero-order chi connectivity index (χ0) is 12.8. The highest BCUT2D eigenvalue weighted by molar-refractivity contribution is 5.77. The maximum absolute atomic E-state index is 11.6. The molecule has 1 aromatic rings. The third kappa shape index (κ3) is 4.87. The average molecular weight is 250 g/mol. The van der Waals surface area contributed by atoms with E-state index in [1.54, 1.807) is 6.20 Å². The molecule has 1 aromatic heterocycles. The van der Waals surface area contributed by atoms with Crippen LogP contribution >= 0.6 is 0 Å². The molecule has 1 atom stereocenters. The fourth-order valence-electron chi connectivity index (χ4n) is 1.85. The van der Waals surface area contributed by atoms with Crippen LogP contribution in [0.15, 0.2) is 18.5 Å². The van der Waals surface area contributed by atoms with Crippen LogP contribution in [-0.2, 0) is 11.3 Å². The summed E-state index contributed by atoms with van der Waals surface area (Å²) in [6.07, 6.45) is 6.34. The molecule has 18 heavy (non-hydrogen) atoms. The molecule has 2 N–H and O–H groups in total. The Hall–Kier alpha value is -1.36. The van der Waals surface area contributed by atoms with E-state index in [0.29, 0.717) is 19.0 Å². The number of nitrogens with zero attached hydrogens (tertiary/aromatic N) is 2. The molecule has 2 rings (SSSR count). The van der Waals surface area contributed by atoms with Crippen LogP contribution in [0.1, 0.15) is 19.8 Å². The van der Waals surface area contributed by atoms with Gasteiger partial charge in [0.15, 0.2) is 0 Å². The van der Waals surface area contributed by atoms with Gasteiger partial charge in [-0.2, -0.15) is 5.10 Å². The smallest absolute Gasteiger partial charge is 0.233 e. The molecule has 0 aliphatic heterocycles. The Morgan fingerprint density at radius 1 is 1.56 bits per heavy atom. The molecule has 0 radical (unpaired) electrons. The van der Waals surface area contributed by atoms with Crippen LogP contribution in [0.5, 0.6) is 0 Å². The van der Waals surface area contributed by atoms with Crippen LogP contribution in [0.3, 0.4) is 0 Å². The molecule has 1 heterocycles. The summed E-state index contributed by atoms with van der Waals surface area (Å²) in [5.41, 5.74) is 0. The van der Waals surface area contributed by atoms with E-state index in [9.17, 15) is 4.79 Å². The summed E-state index contributed by atoms with van der Waals surface area (Å²) in [6, 6.07) is 1.91. The summed E-state index contributed by atoms with van der Waals surface area (Å²) in [5, 5.41) is 10.3. The van der Waals surface area contributed by atoms with Crippen LogP contribution in [0.25, 0.3) is 0 Å². The second kappa shape index (κ2) is 6.54. The molecule has 0 aromatic carbocycles. The molecule has 1 unspecified atom stereocenters. The molecule has 0 bridgehead atoms. The van der Waals surface area contributed by atoms with Crippen LogP contribution in [-0.4, -0.2) is 35.3 Å². The predicted molar refractivity (Wildman–Crippen MR) is 70.0 cm³/mol. The molecule has 1 amide bonds. The number of aromatic nitrogens is 2. The molecule has 100 valence electrons. The van der Waals surface area contributed by atoms with Crippen molar-refractivity contribution in [3.63, 3.8) is 0 Å². The van der Waals surface area contributed by atoms with Crippen LogP contribution < -0.4 is 10.6 Å². The summed E-state index contributed by atoms with van der Waals surface area (Å²) in [4.78, 5) is 11.6. The number of carbonyl (C=O) groups is 1. The molecule has 5 nitrogen and oxygen atoms in total. The van der Waals surface area contributed by atoms with E-state index in [-0.39, 0.29) is 5.91 Å². The first-order valence-electron chi connectivity index (χ1n) is 6.69. The second-order valence-corrected chi connectivity index (χ2v) is 5.21. The van der Waals surface area contributed by atoms with E-state index in [4.69, 9.17) is 0 Å². The first-order chi connectivity index (χ1) is 8.74. The zero-order valence-corrected chi connectivity index (χ0v) is 10.9. The van der Waals surface area contributed by atoms with Crippen LogP contribution in [0.4, 0.5) is 0 Å². The maximum Gasteiger partial charge on any atom is 0.233 e. The van der Waals surface area contributed by atoms with Gasteiger partial charge in [0.25, 0.3) is 0 Å². The van der Waals surface area contributed by atoms with Gasteiger partial charge in [0, 0.05) is 25.5 Å². The number of carbonyl (C=O) groups excluding carboxylic acids is 1. The summed E-state index contributed by atoms with van der Waals surface area (Å²) < 4.78 is 1.89. The number of nitrogens with one attached hydrogen (secondary N) is 2. The highest BCUT2D eigenvalue weighted by atomic mass is 16.1. The fraction of sp³-hybridized carbons (Fsp3) is 0.692. The Morgan fingerprint density at radius 2 is 2.39 bits per heavy atom. The molecule has 1 fully saturated rings. The number of amides is 1. The summed E-state index contributed by atoms with van der Waals surface area (Å²) >= 11 is 0. The maximum atomic E-state index is 11.6. The number of hydrogen-bond acceptors (Lipinski definition) is 3. The lowest BCUT2D eigenvalue weighted by molar-refractivity contribution is -0.120. The second-order valence-electron chi connectivity index (χ2n) is 5.21. The summed E-state index contributed by atoms with van der Waals surface area (Å²) in [7, 11) is 0. The molecule has 1 aliphatic carbocycles. The third-order valence-electron chi connectivity index (χ3n) is 3.12. The van der Waals surface area contributed by atoms with Gasteiger partial charge in [0.05, 0.1) is 6.54 Å². The highest BCUT2D eigenvalue weighted by Gasteiger charge is 2.20. The van der Waals surface area contributed by atoms with E-state index in [2.05, 4.69) is 22.7 Å². The lowest BCUT2D eigenvalue weighted by Gasteiger charge is -2.13. The minimum atomic E-state index is 0.0861. The van der Waals surface area contributed by atoms with Gasteiger partial charge in [-0.05, 0) is 37.3 Å². The monoisotopic (exact) mass is 250 g/mol. The number of rotatable bonds is 8. The van der Waals surface area contributed by atoms with Crippen molar-refractivity contribution in [3.8, 4) is 0 Å². The van der Waals surface area contributed by atoms with E-state index >= 15 is 0 Å². The Labute approximate surface area is 108 Å². The van der Waals surface area contributed by atoms with E-state index < -0.39 is 0 Å². The van der Waals surface area contributed by atoms with Gasteiger partial charge in [-0.15, -0.1) is 0 Å². The highest BCUT2D eigenvalue weighted by Crippen LogP contribution is 2.27. The molecule has 0 spiro atoms. The van der Waals surface area contributed by atoms with Gasteiger partial charge in [-0.3, -0.25) is 9.48 Å². The van der Waals surface area contributed by atoms with Crippen molar-refractivity contribution >= 4 is 5.91 Å². The standard InChI is InChI=1S/C13H22N4O/c1-11(10-17-6-2-5-16-17)7-15-13(18)9-14-8-12-3-4-12/h2,5-6,11-12,14H,3-4,7-10H2,1H3,(H,15,18). The van der Waals surface area contributed by atoms with Crippen molar-refractivity contribution < 1.29 is 4.79 Å². The Kier molecular flexibility index (Phi) is 4.75. The van der Waals surface area contributed by atoms with Gasteiger partial charge in [0.2, 0.25) is 5.91 Å². The summed E-state index contributed by atoms with van der Waals surface area (Å²) in [5.74, 6) is 1.29. The fourth-order valence-corrected chi connectivity index (χ4v) is 1.85. The molecular formula is C13H22N4O. The molecular weight excluding hydrogens is 228 g/mol. The van der Waals surface area contributed by atoms with E-state index in [1.165, 1.54) is 12.8 Å². The quantitative estimate of drug-likeness (QED) is 0.711. The zero-order valence-electron chi connectivity index (χ0n) is 10.9. The van der Waals surface area contributed by atoms with Crippen molar-refractivity contribution in [1.29, 1.82) is 0 Å². The largest absolute Gasteiger partial charge is 0.355 e. The van der Waals surface area contributed by atoms with Crippen molar-refractivity contribution in [3.05, 3.63) is 18.5 Å². The Morgan fingerprint density at radius 3 is 3.06 bits per heavy atom. The molecule has 1 saturated carbocycles. The lowest BCUT2D eigenvalue weighted by Crippen LogP contribution is -2.37. The Bertz CT molecular complexity index is 359. The van der Waals surface area contributed by atoms with Crippen molar-refractivity contribution in [2.45, 2.75) is 26.3 Å². The third-order valence-corrected chi connectivity index (χ3v) is 3.12. The first-order valence-corrected chi connectivity index (χ1v) is 6.69. The van der Waals surface area contributed by atoms with Crippen molar-refractivity contribution in [1.82, 2.24) is 20.4 Å². The van der Waals surface area contributed by atoms with Gasteiger partial charge in [-0.25, -0.2) is 0 Å². The minimum Gasteiger partial charge on any atom is -0.355 e. The average Bonchev–Trinajstić information content (AvgIpc) is 3.03. The van der Waals surface area contributed by atoms with Crippen molar-refractivity contribution in [2.75, 3.05) is 19.6 Å². The van der Waals surface area contributed by atoms with E-state index in [0.717, 1.165) is 19.0 Å². The van der Waals surface area contributed by atoms with Gasteiger partial charge >= 0.3 is 0 Å². The van der Waals surface area contributed by atoms with Crippen LogP contribution in [0, 0.1) is 11.8 Å². The minimum absolute atomic E-state index is 0.0861. The summed E-state index contributed by atoms with van der Waals surface area (Å²) in [6.45, 7) is 5.06. The topological polar surface area (TPSA) is 59.0 Å². The van der Waals surface area contributed by atoms with Gasteiger partial charge in [0.1, 0.15) is 0 Å². The SMILES string of the molecule is CC(CNC(=O)CNCC1CC1)Cn1cccn1. The molecule has 0 saturated heterocycles. The van der Waals surface area contributed by atoms with Crippen molar-refractivity contribution in [2.24, 2.45) is 11.8 Å². The van der Waals surface area contributed by atoms with E-state index in [1.807, 2.05) is 16.9 Å². The number of hydrogen-bond donors (Lipinski definition) is 2.